The fraction of sp³-hybridized carbons (Fsp3) is 0.238. The van der Waals surface area contributed by atoms with Crippen molar-refractivity contribution in [1.29, 1.82) is 5.26 Å². The van der Waals surface area contributed by atoms with Gasteiger partial charge in [-0.3, -0.25) is 4.79 Å². The van der Waals surface area contributed by atoms with Crippen LogP contribution in [0, 0.1) is 25.2 Å². The van der Waals surface area contributed by atoms with Crippen LogP contribution in [0.4, 0.5) is 5.82 Å². The van der Waals surface area contributed by atoms with E-state index in [4.69, 9.17) is 0 Å². The topological polar surface area (TPSA) is 88.5 Å². The Balaban J connectivity index is 1.79. The lowest BCUT2D eigenvalue weighted by Gasteiger charge is -2.13. The van der Waals surface area contributed by atoms with Crippen molar-refractivity contribution in [2.75, 3.05) is 11.1 Å². The Labute approximate surface area is 174 Å². The maximum Gasteiger partial charge on any atom is 0.235 e. The first-order valence-corrected chi connectivity index (χ1v) is 10.1. The van der Waals surface area contributed by atoms with Crippen LogP contribution in [0.2, 0.25) is 0 Å². The quantitative estimate of drug-likeness (QED) is 0.457. The van der Waals surface area contributed by atoms with E-state index in [1.54, 1.807) is 12.4 Å². The second kappa shape index (κ2) is 9.26. The van der Waals surface area contributed by atoms with Crippen LogP contribution in [0.3, 0.4) is 0 Å². The van der Waals surface area contributed by atoms with Gasteiger partial charge in [0.1, 0.15) is 18.2 Å². The third-order valence-electron chi connectivity index (χ3n) is 4.62. The van der Waals surface area contributed by atoms with Crippen LogP contribution in [-0.2, 0) is 17.9 Å². The fourth-order valence-corrected chi connectivity index (χ4v) is 3.74. The first kappa shape index (κ1) is 20.4. The summed E-state index contributed by atoms with van der Waals surface area (Å²) < 4.78 is 3.80. The van der Waals surface area contributed by atoms with Crippen LogP contribution < -0.4 is 5.32 Å². The zero-order valence-corrected chi connectivity index (χ0v) is 17.2. The molecule has 1 N–H and O–H groups in total. The van der Waals surface area contributed by atoms with E-state index in [1.165, 1.54) is 11.8 Å². The number of nitriles is 1. The Morgan fingerprint density at radius 1 is 1.34 bits per heavy atom. The van der Waals surface area contributed by atoms with E-state index < -0.39 is 0 Å². The highest BCUT2D eigenvalue weighted by Crippen LogP contribution is 2.27. The van der Waals surface area contributed by atoms with Crippen LogP contribution in [0.15, 0.2) is 54.5 Å². The number of anilines is 1. The summed E-state index contributed by atoms with van der Waals surface area (Å²) in [6, 6.07) is 12.2. The predicted octanol–water partition coefficient (Wildman–Crippen LogP) is 3.53. The van der Waals surface area contributed by atoms with E-state index in [1.807, 2.05) is 53.3 Å². The first-order valence-electron chi connectivity index (χ1n) is 9.10. The van der Waals surface area contributed by atoms with Crippen LogP contribution in [0.5, 0.6) is 0 Å². The Bertz CT molecular complexity index is 1060. The molecule has 2 heterocycles. The first-order chi connectivity index (χ1) is 14.0. The standard InChI is InChI=1S/C21H22N6OS/c1-4-10-26-14-23-25-21(26)29-13-19(28)24-20-18(11-22)15(2)16(3)27(20)12-17-8-6-5-7-9-17/h4-9,14H,1,10,12-13H2,2-3H3,(H,24,28). The number of rotatable bonds is 8. The molecular formula is C21H22N6OS. The van der Waals surface area contributed by atoms with Crippen molar-refractivity contribution in [3.05, 3.63) is 71.7 Å². The van der Waals surface area contributed by atoms with Crippen molar-refractivity contribution in [2.24, 2.45) is 0 Å². The fourth-order valence-electron chi connectivity index (χ4n) is 3.01. The SMILES string of the molecule is C=CCn1cnnc1SCC(=O)Nc1c(C#N)c(C)c(C)n1Cc1ccccc1. The van der Waals surface area contributed by atoms with Crippen LogP contribution in [0.25, 0.3) is 0 Å². The molecule has 0 aliphatic rings. The van der Waals surface area contributed by atoms with Gasteiger partial charge in [-0.25, -0.2) is 0 Å². The number of thioether (sulfide) groups is 1. The van der Waals surface area contributed by atoms with Crippen LogP contribution in [-0.4, -0.2) is 31.0 Å². The third kappa shape index (κ3) is 4.58. The van der Waals surface area contributed by atoms with Gasteiger partial charge in [0.25, 0.3) is 0 Å². The summed E-state index contributed by atoms with van der Waals surface area (Å²) in [5.74, 6) is 0.492. The maximum absolute atomic E-state index is 12.6. The minimum Gasteiger partial charge on any atom is -0.326 e. The summed E-state index contributed by atoms with van der Waals surface area (Å²) in [5, 5.41) is 21.1. The molecule has 1 amide bonds. The minimum atomic E-state index is -0.202. The molecule has 0 unspecified atom stereocenters. The van der Waals surface area contributed by atoms with Gasteiger partial charge in [0.15, 0.2) is 5.16 Å². The second-order valence-electron chi connectivity index (χ2n) is 6.51. The molecule has 7 nitrogen and oxygen atoms in total. The van der Waals surface area contributed by atoms with Gasteiger partial charge in [0, 0.05) is 18.8 Å². The molecule has 0 aliphatic carbocycles. The van der Waals surface area contributed by atoms with Gasteiger partial charge < -0.3 is 14.5 Å². The lowest BCUT2D eigenvalue weighted by Crippen LogP contribution is -2.19. The Morgan fingerprint density at radius 2 is 2.10 bits per heavy atom. The molecule has 0 saturated carbocycles. The van der Waals surface area contributed by atoms with Gasteiger partial charge in [0.05, 0.1) is 11.3 Å². The van der Waals surface area contributed by atoms with E-state index in [2.05, 4.69) is 28.2 Å². The maximum atomic E-state index is 12.6. The van der Waals surface area contributed by atoms with Gasteiger partial charge in [0.2, 0.25) is 5.91 Å². The minimum absolute atomic E-state index is 0.162. The van der Waals surface area contributed by atoms with E-state index in [0.29, 0.717) is 29.6 Å². The zero-order chi connectivity index (χ0) is 20.8. The highest BCUT2D eigenvalue weighted by atomic mass is 32.2. The Kier molecular flexibility index (Phi) is 6.52. The number of carbonyl (C=O) groups excluding carboxylic acids is 1. The second-order valence-corrected chi connectivity index (χ2v) is 7.45. The van der Waals surface area contributed by atoms with Gasteiger partial charge in [-0.15, -0.1) is 16.8 Å². The molecule has 0 saturated heterocycles. The molecule has 8 heteroatoms. The average Bonchev–Trinajstić information content (AvgIpc) is 3.25. The smallest absolute Gasteiger partial charge is 0.235 e. The molecule has 29 heavy (non-hydrogen) atoms. The molecule has 0 atom stereocenters. The molecule has 1 aromatic carbocycles. The number of amides is 1. The normalized spacial score (nSPS) is 10.5. The molecule has 3 rings (SSSR count). The van der Waals surface area contributed by atoms with E-state index in [-0.39, 0.29) is 11.7 Å². The summed E-state index contributed by atoms with van der Waals surface area (Å²) in [6.07, 6.45) is 3.35. The summed E-state index contributed by atoms with van der Waals surface area (Å²) in [6.45, 7) is 8.72. The zero-order valence-electron chi connectivity index (χ0n) is 16.4. The summed E-state index contributed by atoms with van der Waals surface area (Å²) >= 11 is 1.29. The monoisotopic (exact) mass is 406 g/mol. The third-order valence-corrected chi connectivity index (χ3v) is 5.60. The number of hydrogen-bond acceptors (Lipinski definition) is 5. The molecule has 0 spiro atoms. The number of allylic oxidation sites excluding steroid dienone is 1. The Morgan fingerprint density at radius 3 is 2.79 bits per heavy atom. The number of nitrogens with one attached hydrogen (secondary N) is 1. The van der Waals surface area contributed by atoms with Crippen molar-refractivity contribution in [2.45, 2.75) is 32.1 Å². The number of benzene rings is 1. The summed E-state index contributed by atoms with van der Waals surface area (Å²) in [5.41, 5.74) is 3.42. The molecule has 0 fully saturated rings. The van der Waals surface area contributed by atoms with Crippen LogP contribution >= 0.6 is 11.8 Å². The molecular weight excluding hydrogens is 384 g/mol. The van der Waals surface area contributed by atoms with E-state index in [0.717, 1.165) is 16.8 Å². The lowest BCUT2D eigenvalue weighted by atomic mass is 10.2. The van der Waals surface area contributed by atoms with Crippen LogP contribution in [0.1, 0.15) is 22.4 Å². The number of hydrogen-bond donors (Lipinski definition) is 1. The largest absolute Gasteiger partial charge is 0.326 e. The predicted molar refractivity (Wildman–Crippen MR) is 114 cm³/mol. The number of aromatic nitrogens is 4. The summed E-state index contributed by atoms with van der Waals surface area (Å²) in [7, 11) is 0. The van der Waals surface area contributed by atoms with E-state index in [9.17, 15) is 10.1 Å². The van der Waals surface area contributed by atoms with Gasteiger partial charge in [-0.05, 0) is 25.0 Å². The molecule has 0 bridgehead atoms. The van der Waals surface area contributed by atoms with Crippen molar-refractivity contribution >= 4 is 23.5 Å². The number of nitrogens with zero attached hydrogens (tertiary/aromatic N) is 5. The van der Waals surface area contributed by atoms with Crippen molar-refractivity contribution in [3.8, 4) is 6.07 Å². The van der Waals surface area contributed by atoms with Crippen molar-refractivity contribution in [3.63, 3.8) is 0 Å². The van der Waals surface area contributed by atoms with Crippen molar-refractivity contribution < 1.29 is 4.79 Å². The molecule has 0 radical (unpaired) electrons. The van der Waals surface area contributed by atoms with Crippen molar-refractivity contribution in [1.82, 2.24) is 19.3 Å². The van der Waals surface area contributed by atoms with E-state index >= 15 is 0 Å². The molecule has 3 aromatic rings. The average molecular weight is 407 g/mol. The van der Waals surface area contributed by atoms with Gasteiger partial charge >= 0.3 is 0 Å². The molecule has 148 valence electrons. The highest BCUT2D eigenvalue weighted by molar-refractivity contribution is 7.99. The Hall–Kier alpha value is -3.31. The lowest BCUT2D eigenvalue weighted by molar-refractivity contribution is -0.113. The molecule has 2 aromatic heterocycles. The highest BCUT2D eigenvalue weighted by Gasteiger charge is 2.20. The molecule has 0 aliphatic heterocycles. The van der Waals surface area contributed by atoms with Gasteiger partial charge in [-0.1, -0.05) is 48.2 Å². The summed E-state index contributed by atoms with van der Waals surface area (Å²) in [4.78, 5) is 12.6. The van der Waals surface area contributed by atoms with Gasteiger partial charge in [-0.2, -0.15) is 5.26 Å². The number of carbonyl (C=O) groups is 1.